The SMILES string of the molecule is COc1cc(OC)nc(NCCC2CCCO2)n1. The van der Waals surface area contributed by atoms with E-state index in [2.05, 4.69) is 15.3 Å². The van der Waals surface area contributed by atoms with Crippen LogP contribution in [0.15, 0.2) is 6.07 Å². The third-order valence-electron chi connectivity index (χ3n) is 2.87. The number of aromatic nitrogens is 2. The van der Waals surface area contributed by atoms with Gasteiger partial charge >= 0.3 is 0 Å². The Hall–Kier alpha value is -1.56. The molecule has 18 heavy (non-hydrogen) atoms. The molecule has 0 spiro atoms. The molecule has 0 saturated carbocycles. The summed E-state index contributed by atoms with van der Waals surface area (Å²) >= 11 is 0. The number of nitrogens with one attached hydrogen (secondary N) is 1. The highest BCUT2D eigenvalue weighted by molar-refractivity contribution is 5.33. The molecule has 1 N–H and O–H groups in total. The van der Waals surface area contributed by atoms with Crippen LogP contribution in [-0.2, 0) is 4.74 Å². The second-order valence-electron chi connectivity index (χ2n) is 4.13. The molecule has 1 aliphatic heterocycles. The number of methoxy groups -OCH3 is 2. The zero-order valence-electron chi connectivity index (χ0n) is 10.8. The Bertz CT molecular complexity index is 359. The first-order chi connectivity index (χ1) is 8.81. The van der Waals surface area contributed by atoms with Crippen LogP contribution in [0.3, 0.4) is 0 Å². The van der Waals surface area contributed by atoms with Crippen LogP contribution in [0.1, 0.15) is 19.3 Å². The van der Waals surface area contributed by atoms with E-state index in [0.29, 0.717) is 23.8 Å². The van der Waals surface area contributed by atoms with Crippen LogP contribution in [0.4, 0.5) is 5.95 Å². The molecule has 1 unspecified atom stereocenters. The van der Waals surface area contributed by atoms with Gasteiger partial charge in [0.25, 0.3) is 0 Å². The van der Waals surface area contributed by atoms with Crippen LogP contribution < -0.4 is 14.8 Å². The Labute approximate surface area is 107 Å². The lowest BCUT2D eigenvalue weighted by Crippen LogP contribution is -2.14. The molecule has 2 rings (SSSR count). The van der Waals surface area contributed by atoms with Crippen molar-refractivity contribution in [2.24, 2.45) is 0 Å². The Morgan fingerprint density at radius 2 is 2.06 bits per heavy atom. The first-order valence-electron chi connectivity index (χ1n) is 6.14. The van der Waals surface area contributed by atoms with E-state index in [1.54, 1.807) is 20.3 Å². The van der Waals surface area contributed by atoms with Crippen molar-refractivity contribution in [1.29, 1.82) is 0 Å². The first kappa shape index (κ1) is 12.9. The van der Waals surface area contributed by atoms with Crippen molar-refractivity contribution in [2.75, 3.05) is 32.7 Å². The molecule has 2 heterocycles. The van der Waals surface area contributed by atoms with Crippen molar-refractivity contribution in [3.63, 3.8) is 0 Å². The Kier molecular flexibility index (Phi) is 4.58. The largest absolute Gasteiger partial charge is 0.481 e. The summed E-state index contributed by atoms with van der Waals surface area (Å²) in [4.78, 5) is 8.40. The summed E-state index contributed by atoms with van der Waals surface area (Å²) in [5.41, 5.74) is 0. The normalized spacial score (nSPS) is 18.7. The van der Waals surface area contributed by atoms with E-state index in [-0.39, 0.29) is 0 Å². The van der Waals surface area contributed by atoms with Crippen molar-refractivity contribution < 1.29 is 14.2 Å². The molecule has 0 bridgehead atoms. The number of hydrogen-bond donors (Lipinski definition) is 1. The topological polar surface area (TPSA) is 65.5 Å². The number of rotatable bonds is 6. The average molecular weight is 253 g/mol. The molecule has 0 radical (unpaired) electrons. The van der Waals surface area contributed by atoms with Gasteiger partial charge in [0.05, 0.1) is 26.4 Å². The minimum atomic E-state index is 0.366. The van der Waals surface area contributed by atoms with Gasteiger partial charge in [0.15, 0.2) is 0 Å². The van der Waals surface area contributed by atoms with Crippen LogP contribution >= 0.6 is 0 Å². The second-order valence-corrected chi connectivity index (χ2v) is 4.13. The van der Waals surface area contributed by atoms with Crippen molar-refractivity contribution in [1.82, 2.24) is 9.97 Å². The number of anilines is 1. The van der Waals surface area contributed by atoms with Crippen molar-refractivity contribution in [3.05, 3.63) is 6.07 Å². The third kappa shape index (κ3) is 3.46. The predicted octanol–water partition coefficient (Wildman–Crippen LogP) is 1.47. The van der Waals surface area contributed by atoms with E-state index in [0.717, 1.165) is 32.4 Å². The fraction of sp³-hybridized carbons (Fsp3) is 0.667. The highest BCUT2D eigenvalue weighted by Crippen LogP contribution is 2.18. The minimum absolute atomic E-state index is 0.366. The third-order valence-corrected chi connectivity index (χ3v) is 2.87. The highest BCUT2D eigenvalue weighted by atomic mass is 16.5. The van der Waals surface area contributed by atoms with Gasteiger partial charge in [-0.05, 0) is 19.3 Å². The smallest absolute Gasteiger partial charge is 0.229 e. The van der Waals surface area contributed by atoms with Crippen molar-refractivity contribution in [2.45, 2.75) is 25.4 Å². The summed E-state index contributed by atoms with van der Waals surface area (Å²) in [5, 5.41) is 3.16. The summed E-state index contributed by atoms with van der Waals surface area (Å²) < 4.78 is 15.7. The Morgan fingerprint density at radius 3 is 2.61 bits per heavy atom. The highest BCUT2D eigenvalue weighted by Gasteiger charge is 2.15. The quantitative estimate of drug-likeness (QED) is 0.828. The van der Waals surface area contributed by atoms with Gasteiger partial charge in [-0.1, -0.05) is 0 Å². The van der Waals surface area contributed by atoms with Crippen molar-refractivity contribution in [3.8, 4) is 11.8 Å². The molecular weight excluding hydrogens is 234 g/mol. The summed E-state index contributed by atoms with van der Waals surface area (Å²) in [5.74, 6) is 1.49. The van der Waals surface area contributed by atoms with Crippen LogP contribution in [0, 0.1) is 0 Å². The number of ether oxygens (including phenoxy) is 3. The van der Waals surface area contributed by atoms with Gasteiger partial charge in [-0.2, -0.15) is 9.97 Å². The Morgan fingerprint density at radius 1 is 1.33 bits per heavy atom. The fourth-order valence-electron chi connectivity index (χ4n) is 1.91. The van der Waals surface area contributed by atoms with Gasteiger partial charge in [0, 0.05) is 13.2 Å². The fourth-order valence-corrected chi connectivity index (χ4v) is 1.91. The molecule has 100 valence electrons. The summed E-state index contributed by atoms with van der Waals surface area (Å²) in [6.45, 7) is 1.66. The lowest BCUT2D eigenvalue weighted by molar-refractivity contribution is 0.107. The number of nitrogens with zero attached hydrogens (tertiary/aromatic N) is 2. The van der Waals surface area contributed by atoms with E-state index in [9.17, 15) is 0 Å². The van der Waals surface area contributed by atoms with Crippen LogP contribution in [-0.4, -0.2) is 43.4 Å². The standard InChI is InChI=1S/C12H19N3O3/c1-16-10-8-11(17-2)15-12(14-10)13-6-5-9-4-3-7-18-9/h8-9H,3-7H2,1-2H3,(H,13,14,15). The lowest BCUT2D eigenvalue weighted by Gasteiger charge is -2.11. The summed E-state index contributed by atoms with van der Waals surface area (Å²) in [6.07, 6.45) is 3.63. The molecule has 6 nitrogen and oxygen atoms in total. The minimum Gasteiger partial charge on any atom is -0.481 e. The monoisotopic (exact) mass is 253 g/mol. The van der Waals surface area contributed by atoms with E-state index in [1.165, 1.54) is 0 Å². The molecule has 1 saturated heterocycles. The Balaban J connectivity index is 1.87. The molecule has 1 aromatic heterocycles. The number of hydrogen-bond acceptors (Lipinski definition) is 6. The molecular formula is C12H19N3O3. The second kappa shape index (κ2) is 6.39. The molecule has 6 heteroatoms. The van der Waals surface area contributed by atoms with E-state index >= 15 is 0 Å². The van der Waals surface area contributed by atoms with Crippen LogP contribution in [0.5, 0.6) is 11.8 Å². The van der Waals surface area contributed by atoms with E-state index < -0.39 is 0 Å². The molecule has 1 fully saturated rings. The maximum absolute atomic E-state index is 5.55. The molecule has 0 amide bonds. The van der Waals surface area contributed by atoms with Gasteiger partial charge in [0.2, 0.25) is 17.7 Å². The molecule has 0 aromatic carbocycles. The zero-order valence-corrected chi connectivity index (χ0v) is 10.8. The van der Waals surface area contributed by atoms with Gasteiger partial charge in [-0.15, -0.1) is 0 Å². The average Bonchev–Trinajstić information content (AvgIpc) is 2.91. The molecule has 1 atom stereocenters. The van der Waals surface area contributed by atoms with Gasteiger partial charge in [-0.25, -0.2) is 0 Å². The first-order valence-corrected chi connectivity index (χ1v) is 6.14. The van der Waals surface area contributed by atoms with Gasteiger partial charge in [0.1, 0.15) is 0 Å². The van der Waals surface area contributed by atoms with Crippen LogP contribution in [0.2, 0.25) is 0 Å². The van der Waals surface area contributed by atoms with Crippen molar-refractivity contribution >= 4 is 5.95 Å². The van der Waals surface area contributed by atoms with Gasteiger partial charge in [-0.3, -0.25) is 0 Å². The maximum Gasteiger partial charge on any atom is 0.229 e. The maximum atomic E-state index is 5.55. The predicted molar refractivity (Wildman–Crippen MR) is 67.2 cm³/mol. The molecule has 0 aliphatic carbocycles. The van der Waals surface area contributed by atoms with E-state index in [4.69, 9.17) is 14.2 Å². The van der Waals surface area contributed by atoms with Gasteiger partial charge < -0.3 is 19.5 Å². The zero-order chi connectivity index (χ0) is 12.8. The van der Waals surface area contributed by atoms with Crippen LogP contribution in [0.25, 0.3) is 0 Å². The molecule has 1 aliphatic rings. The summed E-state index contributed by atoms with van der Waals surface area (Å²) in [6, 6.07) is 1.64. The van der Waals surface area contributed by atoms with E-state index in [1.807, 2.05) is 0 Å². The molecule has 1 aromatic rings. The lowest BCUT2D eigenvalue weighted by atomic mass is 10.2. The summed E-state index contributed by atoms with van der Waals surface area (Å²) in [7, 11) is 3.13.